The van der Waals surface area contributed by atoms with Gasteiger partial charge in [-0.15, -0.1) is 11.3 Å². The zero-order valence-corrected chi connectivity index (χ0v) is 22.7. The Morgan fingerprint density at radius 1 is 1.22 bits per heavy atom. The predicted molar refractivity (Wildman–Crippen MR) is 137 cm³/mol. The molecule has 1 amide bonds. The zero-order chi connectivity index (χ0) is 26.3. The number of anilines is 1. The molecule has 36 heavy (non-hydrogen) atoms. The van der Waals surface area contributed by atoms with Crippen molar-refractivity contribution in [2.75, 3.05) is 18.0 Å². The van der Waals surface area contributed by atoms with Gasteiger partial charge >= 0.3 is 5.97 Å². The van der Waals surface area contributed by atoms with Crippen LogP contribution in [0.25, 0.3) is 0 Å². The fourth-order valence-electron chi connectivity index (χ4n) is 4.91. The molecule has 0 aromatic carbocycles. The molecule has 1 saturated heterocycles. The highest BCUT2D eigenvalue weighted by atomic mass is 32.2. The molecule has 0 radical (unpaired) electrons. The fraction of sp³-hybridized carbons (Fsp3) is 0.560. The van der Waals surface area contributed by atoms with E-state index in [0.29, 0.717) is 10.6 Å². The van der Waals surface area contributed by atoms with Crippen LogP contribution in [0.4, 0.5) is 5.69 Å². The summed E-state index contributed by atoms with van der Waals surface area (Å²) in [7, 11) is -2.41. The molecule has 1 saturated carbocycles. The Bertz CT molecular complexity index is 1320. The van der Waals surface area contributed by atoms with Crippen molar-refractivity contribution in [2.24, 2.45) is 18.4 Å². The Hall–Kier alpha value is -2.68. The molecule has 1 unspecified atom stereocenters. The Morgan fingerprint density at radius 3 is 2.50 bits per heavy atom. The van der Waals surface area contributed by atoms with Crippen LogP contribution in [-0.2, 0) is 21.9 Å². The normalized spacial score (nSPS) is 20.3. The molecule has 1 N–H and O–H groups in total. The van der Waals surface area contributed by atoms with Gasteiger partial charge in [-0.2, -0.15) is 9.40 Å². The number of hydrogen-bond acceptors (Lipinski definition) is 6. The number of rotatable bonds is 5. The number of hydrogen-bond donors (Lipinski definition) is 1. The van der Waals surface area contributed by atoms with Crippen molar-refractivity contribution in [3.63, 3.8) is 0 Å². The fourth-order valence-corrected chi connectivity index (χ4v) is 7.26. The van der Waals surface area contributed by atoms with E-state index in [0.717, 1.165) is 43.4 Å². The minimum Gasteiger partial charge on any atom is -0.477 e. The molecular weight excluding hydrogens is 500 g/mol. The van der Waals surface area contributed by atoms with Gasteiger partial charge in [0.05, 0.1) is 29.3 Å². The van der Waals surface area contributed by atoms with E-state index in [4.69, 9.17) is 0 Å². The molecule has 2 aromatic rings. The van der Waals surface area contributed by atoms with E-state index in [1.165, 1.54) is 21.3 Å². The lowest BCUT2D eigenvalue weighted by atomic mass is 9.82. The molecule has 0 spiro atoms. The van der Waals surface area contributed by atoms with Gasteiger partial charge in [0.25, 0.3) is 10.0 Å². The van der Waals surface area contributed by atoms with Crippen LogP contribution in [-0.4, -0.2) is 58.6 Å². The Kier molecular flexibility index (Phi) is 7.33. The Balaban J connectivity index is 1.77. The van der Waals surface area contributed by atoms with Crippen molar-refractivity contribution < 1.29 is 23.1 Å². The van der Waals surface area contributed by atoms with Gasteiger partial charge in [-0.05, 0) is 51.7 Å². The monoisotopic (exact) mass is 532 g/mol. The molecule has 1 aliphatic heterocycles. The van der Waals surface area contributed by atoms with Crippen LogP contribution < -0.4 is 4.90 Å². The van der Waals surface area contributed by atoms with E-state index >= 15 is 0 Å². The van der Waals surface area contributed by atoms with Gasteiger partial charge in [0, 0.05) is 19.0 Å². The van der Waals surface area contributed by atoms with Crippen LogP contribution >= 0.6 is 11.3 Å². The highest BCUT2D eigenvalue weighted by Gasteiger charge is 2.44. The lowest BCUT2D eigenvalue weighted by molar-refractivity contribution is -0.121. The summed E-state index contributed by atoms with van der Waals surface area (Å²) in [4.78, 5) is 28.0. The molecule has 1 atom stereocenters. The van der Waals surface area contributed by atoms with Gasteiger partial charge in [-0.1, -0.05) is 31.1 Å². The van der Waals surface area contributed by atoms with Gasteiger partial charge < -0.3 is 10.0 Å². The number of carbonyl (C=O) groups is 2. The number of aromatic carboxylic acids is 1. The Labute approximate surface area is 216 Å². The highest BCUT2D eigenvalue weighted by Crippen LogP contribution is 2.39. The van der Waals surface area contributed by atoms with Crippen LogP contribution in [0.15, 0.2) is 23.4 Å². The molecule has 2 fully saturated rings. The summed E-state index contributed by atoms with van der Waals surface area (Å²) in [6.07, 6.45) is 6.22. The zero-order valence-electron chi connectivity index (χ0n) is 21.0. The molecular formula is C25H32N4O5S2. The number of aromatic nitrogens is 2. The van der Waals surface area contributed by atoms with Gasteiger partial charge in [0.2, 0.25) is 5.91 Å². The molecule has 194 valence electrons. The third-order valence-corrected chi connectivity index (χ3v) is 9.52. The van der Waals surface area contributed by atoms with E-state index in [-0.39, 0.29) is 34.3 Å². The molecule has 1 aliphatic carbocycles. The number of carbonyl (C=O) groups excluding carboxylic acids is 1. The summed E-state index contributed by atoms with van der Waals surface area (Å²) < 4.78 is 29.4. The summed E-state index contributed by atoms with van der Waals surface area (Å²) >= 11 is 1.05. The summed E-state index contributed by atoms with van der Waals surface area (Å²) in [6, 6.07) is 2.63. The third-order valence-electron chi connectivity index (χ3n) is 6.60. The van der Waals surface area contributed by atoms with Crippen molar-refractivity contribution in [1.29, 1.82) is 0 Å². The molecule has 11 heteroatoms. The number of piperazine rings is 1. The second-order valence-electron chi connectivity index (χ2n) is 10.4. The second-order valence-corrected chi connectivity index (χ2v) is 13.4. The maximum absolute atomic E-state index is 13.6. The van der Waals surface area contributed by atoms with E-state index in [1.54, 1.807) is 18.0 Å². The second kappa shape index (κ2) is 10.00. The first kappa shape index (κ1) is 26.4. The van der Waals surface area contributed by atoms with Crippen LogP contribution in [0.3, 0.4) is 0 Å². The molecule has 4 rings (SSSR count). The van der Waals surface area contributed by atoms with Gasteiger partial charge in [-0.3, -0.25) is 9.48 Å². The summed E-state index contributed by atoms with van der Waals surface area (Å²) in [5.41, 5.74) is 0.0450. The average Bonchev–Trinajstić information content (AvgIpc) is 3.44. The predicted octanol–water partition coefficient (Wildman–Crippen LogP) is 3.56. The first-order valence-corrected chi connectivity index (χ1v) is 14.3. The largest absolute Gasteiger partial charge is 0.477 e. The first-order valence-electron chi connectivity index (χ1n) is 12.1. The standard InChI is InChI=1S/C25H32N4O5S2/c1-25(2,3)12-10-18-14-19(23(35-18)24(31)32)29-20(17-8-6-5-7-9-17)15-28(16-21(29)30)36(33,34)22-11-13-26-27(22)4/h11,13-14,17,20H,5-9,15-16H2,1-4H3,(H,31,32). The van der Waals surface area contributed by atoms with Crippen LogP contribution in [0.1, 0.15) is 67.4 Å². The number of thiophene rings is 1. The van der Waals surface area contributed by atoms with E-state index in [1.807, 2.05) is 20.8 Å². The van der Waals surface area contributed by atoms with Crippen molar-refractivity contribution in [1.82, 2.24) is 14.1 Å². The van der Waals surface area contributed by atoms with Crippen molar-refractivity contribution in [3.8, 4) is 11.8 Å². The quantitative estimate of drug-likeness (QED) is 0.589. The van der Waals surface area contributed by atoms with Gasteiger partial charge in [-0.25, -0.2) is 13.2 Å². The molecule has 0 bridgehead atoms. The number of aryl methyl sites for hydroxylation is 1. The lowest BCUT2D eigenvalue weighted by Gasteiger charge is -2.44. The topological polar surface area (TPSA) is 113 Å². The minimum absolute atomic E-state index is 0.0210. The number of nitrogens with zero attached hydrogens (tertiary/aromatic N) is 4. The first-order chi connectivity index (χ1) is 16.9. The van der Waals surface area contributed by atoms with E-state index in [9.17, 15) is 23.1 Å². The third kappa shape index (κ3) is 5.36. The molecule has 2 aliphatic rings. The van der Waals surface area contributed by atoms with Crippen LogP contribution in [0.2, 0.25) is 0 Å². The summed E-state index contributed by atoms with van der Waals surface area (Å²) in [5, 5.41) is 14.0. The SMILES string of the molecule is Cn1nccc1S(=O)(=O)N1CC(=O)N(c2cc(C#CC(C)(C)C)sc2C(=O)O)C(C2CCCCC2)C1. The highest BCUT2D eigenvalue weighted by molar-refractivity contribution is 7.89. The molecule has 9 nitrogen and oxygen atoms in total. The minimum atomic E-state index is -3.96. The van der Waals surface area contributed by atoms with Crippen LogP contribution in [0, 0.1) is 23.2 Å². The smallest absolute Gasteiger partial charge is 0.348 e. The number of carboxylic acid groups (broad SMARTS) is 1. The number of sulfonamides is 1. The van der Waals surface area contributed by atoms with Crippen molar-refractivity contribution in [2.45, 2.75) is 63.9 Å². The van der Waals surface area contributed by atoms with Crippen LogP contribution in [0.5, 0.6) is 0 Å². The van der Waals surface area contributed by atoms with Gasteiger partial charge in [0.15, 0.2) is 5.03 Å². The van der Waals surface area contributed by atoms with Crippen molar-refractivity contribution in [3.05, 3.63) is 28.1 Å². The molecule has 2 aromatic heterocycles. The Morgan fingerprint density at radius 2 is 1.92 bits per heavy atom. The summed E-state index contributed by atoms with van der Waals surface area (Å²) in [5.74, 6) is 4.69. The van der Waals surface area contributed by atoms with E-state index < -0.39 is 27.9 Å². The maximum Gasteiger partial charge on any atom is 0.348 e. The number of carboxylic acids is 1. The van der Waals surface area contributed by atoms with Crippen molar-refractivity contribution >= 4 is 38.9 Å². The van der Waals surface area contributed by atoms with E-state index in [2.05, 4.69) is 16.9 Å². The lowest BCUT2D eigenvalue weighted by Crippen LogP contribution is -2.60. The maximum atomic E-state index is 13.6. The van der Waals surface area contributed by atoms with Gasteiger partial charge in [0.1, 0.15) is 4.88 Å². The molecule has 3 heterocycles. The number of amides is 1. The average molecular weight is 533 g/mol. The summed E-state index contributed by atoms with van der Waals surface area (Å²) in [6.45, 7) is 5.64.